The number of carbonyl (C=O) groups excluding carboxylic acids is 2. The summed E-state index contributed by atoms with van der Waals surface area (Å²) < 4.78 is 39.7. The quantitative estimate of drug-likeness (QED) is 0.122. The monoisotopic (exact) mass is 889 g/mol. The minimum Gasteiger partial charge on any atom is -0.456 e. The van der Waals surface area contributed by atoms with Gasteiger partial charge in [-0.05, 0) is 88.8 Å². The average molecular weight is 890 g/mol. The lowest BCUT2D eigenvalue weighted by molar-refractivity contribution is -2.00. The van der Waals surface area contributed by atoms with Crippen molar-refractivity contribution < 1.29 is 43.2 Å². The number of rotatable bonds is 14. The Balaban J connectivity index is 0.00000116. The van der Waals surface area contributed by atoms with E-state index in [1.54, 1.807) is 17.2 Å². The number of halogens is 1. The van der Waals surface area contributed by atoms with Gasteiger partial charge >= 0.3 is 5.97 Å². The lowest BCUT2D eigenvalue weighted by atomic mass is 10.0. The van der Waals surface area contributed by atoms with Crippen molar-refractivity contribution in [1.82, 2.24) is 4.98 Å². The number of benzene rings is 7. The van der Waals surface area contributed by atoms with E-state index in [9.17, 15) is 9.59 Å². The standard InChI is InChI=1S/C52H44N3O3P.ClHO4/c53-49(34-39-16-6-1-7-17-39)51(56)55(37-40-18-8-2-9-19-40)44-35-50(54-36-44)52(57)58-38-41-26-28-42(29-27-41)43-30-32-48(33-31-43)59(45-20-10-3-11-21-45,46-22-12-4-13-23-46)47-24-14-5-15-25-47;2-1(3,4)5/h1-33,35-36,49H,34,37-38,53H2;(H,2,3,4,5)/t49-;/m0./s1. The number of nitrogens with one attached hydrogen (secondary N) is 1. The second kappa shape index (κ2) is 21.1. The Morgan fingerprint density at radius 2 is 0.969 bits per heavy atom. The maximum Gasteiger partial charge on any atom is 0.355 e. The van der Waals surface area contributed by atoms with Gasteiger partial charge in [0.25, 0.3) is 0 Å². The highest BCUT2D eigenvalue weighted by molar-refractivity contribution is 8.01. The molecule has 0 unspecified atom stereocenters. The molecule has 10 nitrogen and oxygen atoms in total. The van der Waals surface area contributed by atoms with E-state index < -0.39 is 29.5 Å². The number of carbonyl (C=O) groups is 2. The van der Waals surface area contributed by atoms with Crippen LogP contribution in [0.15, 0.2) is 212 Å². The first kappa shape index (κ1) is 45.3. The minimum atomic E-state index is -4.94. The van der Waals surface area contributed by atoms with Gasteiger partial charge in [-0.2, -0.15) is 0 Å². The van der Waals surface area contributed by atoms with Gasteiger partial charge in [-0.15, -0.1) is 10.2 Å². The molecule has 1 aromatic heterocycles. The molecule has 0 bridgehead atoms. The van der Waals surface area contributed by atoms with Crippen LogP contribution < -0.4 is 50.5 Å². The van der Waals surface area contributed by atoms with Crippen molar-refractivity contribution in [3.05, 3.63) is 235 Å². The first-order valence-electron chi connectivity index (χ1n) is 20.4. The van der Waals surface area contributed by atoms with E-state index in [1.807, 2.05) is 72.8 Å². The maximum absolute atomic E-state index is 13.8. The van der Waals surface area contributed by atoms with E-state index in [0.29, 0.717) is 18.7 Å². The smallest absolute Gasteiger partial charge is 0.355 e. The van der Waals surface area contributed by atoms with Crippen LogP contribution in [0.2, 0.25) is 0 Å². The van der Waals surface area contributed by atoms with Gasteiger partial charge in [-0.1, -0.05) is 152 Å². The number of hydrogen-bond acceptors (Lipinski definition) is 8. The summed E-state index contributed by atoms with van der Waals surface area (Å²) in [5, 5.41) is 5.20. The predicted octanol–water partition coefficient (Wildman–Crippen LogP) is 4.01. The number of anilines is 1. The molecule has 322 valence electrons. The number of amides is 1. The molecular weight excluding hydrogens is 845 g/mol. The molecule has 0 saturated heterocycles. The molecule has 0 aliphatic heterocycles. The van der Waals surface area contributed by atoms with E-state index in [1.165, 1.54) is 21.2 Å². The SMILES string of the molecule is N[C@@H](Cc1ccccc1)C(=O)N(Cc1ccccc1)c1c[nH]c(C(=O)OCc2ccc(-c3ccc([P+](c4ccccc4)(c4ccccc4)c4ccccc4)cc3)cc2)c1.[O-][Cl+3]([O-])([O-])[O-]. The number of aromatic nitrogens is 1. The van der Waals surface area contributed by atoms with E-state index in [0.717, 1.165) is 27.8 Å². The van der Waals surface area contributed by atoms with E-state index in [4.69, 9.17) is 29.1 Å². The van der Waals surface area contributed by atoms with Gasteiger partial charge in [0.05, 0.1) is 18.3 Å². The molecule has 7 aromatic carbocycles. The van der Waals surface area contributed by atoms with Gasteiger partial charge in [0.1, 0.15) is 40.8 Å². The van der Waals surface area contributed by atoms with Crippen LogP contribution in [0.5, 0.6) is 0 Å². The number of nitrogens with two attached hydrogens (primary N) is 1. The van der Waals surface area contributed by atoms with Gasteiger partial charge in [-0.25, -0.2) is 23.4 Å². The van der Waals surface area contributed by atoms with Crippen LogP contribution >= 0.6 is 7.26 Å². The first-order chi connectivity index (χ1) is 31.0. The number of hydrogen-bond donors (Lipinski definition) is 2. The highest BCUT2D eigenvalue weighted by Crippen LogP contribution is 2.54. The molecule has 0 aliphatic carbocycles. The Morgan fingerprint density at radius 1 is 0.562 bits per heavy atom. The molecule has 12 heteroatoms. The molecule has 1 amide bonds. The Labute approximate surface area is 374 Å². The van der Waals surface area contributed by atoms with Crippen LogP contribution in [0, 0.1) is 10.2 Å². The molecule has 0 aliphatic rings. The Kier molecular flexibility index (Phi) is 14.9. The summed E-state index contributed by atoms with van der Waals surface area (Å²) in [4.78, 5) is 31.7. The molecule has 8 rings (SSSR count). The van der Waals surface area contributed by atoms with Crippen LogP contribution in [0.3, 0.4) is 0 Å². The van der Waals surface area contributed by atoms with E-state index in [2.05, 4.69) is 132 Å². The summed E-state index contributed by atoms with van der Waals surface area (Å²) in [5.74, 6) is -0.755. The molecule has 8 aromatic rings. The summed E-state index contributed by atoms with van der Waals surface area (Å²) >= 11 is 0. The second-order valence-electron chi connectivity index (χ2n) is 14.9. The second-order valence-corrected chi connectivity index (χ2v) is 19.0. The molecule has 1 atom stereocenters. The minimum absolute atomic E-state index is 0.0965. The zero-order chi connectivity index (χ0) is 44.9. The predicted molar refractivity (Wildman–Crippen MR) is 242 cm³/mol. The molecule has 0 fully saturated rings. The van der Waals surface area contributed by atoms with E-state index in [-0.39, 0.29) is 18.2 Å². The maximum atomic E-state index is 13.8. The molecular formula is C52H45ClN3O7P. The third-order valence-electron chi connectivity index (χ3n) is 10.6. The summed E-state index contributed by atoms with van der Waals surface area (Å²) in [5.41, 5.74) is 12.2. The third-order valence-corrected chi connectivity index (χ3v) is 14.9. The number of ether oxygens (including phenoxy) is 1. The lowest BCUT2D eigenvalue weighted by Crippen LogP contribution is -2.68. The molecule has 64 heavy (non-hydrogen) atoms. The zero-order valence-electron chi connectivity index (χ0n) is 34.6. The Hall–Kier alpha value is -6.72. The fourth-order valence-electron chi connectivity index (χ4n) is 7.62. The number of aromatic amines is 1. The zero-order valence-corrected chi connectivity index (χ0v) is 36.3. The molecule has 0 radical (unpaired) electrons. The lowest BCUT2D eigenvalue weighted by Gasteiger charge is -2.27. The van der Waals surface area contributed by atoms with Gasteiger partial charge < -0.3 is 20.4 Å². The van der Waals surface area contributed by atoms with Crippen molar-refractivity contribution in [2.45, 2.75) is 25.6 Å². The van der Waals surface area contributed by atoms with Crippen LogP contribution in [-0.2, 0) is 29.1 Å². The first-order valence-corrected chi connectivity index (χ1v) is 23.4. The van der Waals surface area contributed by atoms with Crippen molar-refractivity contribution in [3.8, 4) is 11.1 Å². The fourth-order valence-corrected chi connectivity index (χ4v) is 11.9. The van der Waals surface area contributed by atoms with Crippen LogP contribution in [0.25, 0.3) is 11.1 Å². The van der Waals surface area contributed by atoms with Gasteiger partial charge in [0, 0.05) is 6.20 Å². The topological polar surface area (TPSA) is 181 Å². The van der Waals surface area contributed by atoms with Crippen molar-refractivity contribution >= 4 is 46.0 Å². The summed E-state index contributed by atoms with van der Waals surface area (Å²) in [7, 11) is -7.13. The molecule has 0 spiro atoms. The summed E-state index contributed by atoms with van der Waals surface area (Å²) in [6.07, 6.45) is 2.05. The number of nitrogens with zero attached hydrogens (tertiary/aromatic N) is 1. The molecule has 3 N–H and O–H groups in total. The highest BCUT2D eigenvalue weighted by atomic mass is 35.7. The highest BCUT2D eigenvalue weighted by Gasteiger charge is 2.47. The van der Waals surface area contributed by atoms with Crippen molar-refractivity contribution in [2.75, 3.05) is 4.90 Å². The number of esters is 1. The summed E-state index contributed by atoms with van der Waals surface area (Å²) in [6.45, 7) is 0.401. The van der Waals surface area contributed by atoms with Crippen LogP contribution in [-0.4, -0.2) is 22.9 Å². The Morgan fingerprint density at radius 3 is 1.44 bits per heavy atom. The Bertz CT molecular complexity index is 2600. The largest absolute Gasteiger partial charge is 0.456 e. The van der Waals surface area contributed by atoms with Gasteiger partial charge in [0.15, 0.2) is 0 Å². The summed E-state index contributed by atoms with van der Waals surface area (Å²) in [6, 6.07) is 69.9. The fraction of sp³-hybridized carbons (Fsp3) is 0.0769. The average Bonchev–Trinajstić information content (AvgIpc) is 3.82. The van der Waals surface area contributed by atoms with Gasteiger partial charge in [-0.3, -0.25) is 4.79 Å². The van der Waals surface area contributed by atoms with Crippen molar-refractivity contribution in [1.29, 1.82) is 0 Å². The van der Waals surface area contributed by atoms with Crippen LogP contribution in [0.4, 0.5) is 5.69 Å². The molecule has 0 saturated carbocycles. The number of H-pyrrole nitrogens is 1. The normalized spacial score (nSPS) is 11.8. The van der Waals surface area contributed by atoms with Crippen molar-refractivity contribution in [3.63, 3.8) is 0 Å². The van der Waals surface area contributed by atoms with E-state index >= 15 is 0 Å². The van der Waals surface area contributed by atoms with Crippen molar-refractivity contribution in [2.24, 2.45) is 5.73 Å². The van der Waals surface area contributed by atoms with Crippen LogP contribution in [0.1, 0.15) is 27.2 Å². The van der Waals surface area contributed by atoms with Gasteiger partial charge in [0.2, 0.25) is 5.91 Å². The third kappa shape index (κ3) is 11.4. The molecule has 1 heterocycles.